The minimum absolute atomic E-state index is 0.658. The molecule has 2 heteroatoms. The van der Waals surface area contributed by atoms with Gasteiger partial charge in [0.1, 0.15) is 0 Å². The van der Waals surface area contributed by atoms with E-state index in [1.807, 2.05) is 0 Å². The first-order valence-electron chi connectivity index (χ1n) is 8.13. The molecule has 2 saturated heterocycles. The van der Waals surface area contributed by atoms with E-state index in [-0.39, 0.29) is 0 Å². The lowest BCUT2D eigenvalue weighted by molar-refractivity contribution is 0.176. The van der Waals surface area contributed by atoms with E-state index in [0.717, 1.165) is 6.04 Å². The minimum Gasteiger partial charge on any atom is -0.365 e. The fourth-order valence-corrected chi connectivity index (χ4v) is 4.03. The summed E-state index contributed by atoms with van der Waals surface area (Å²) in [6.07, 6.45) is 2.77. The average molecular weight is 272 g/mol. The number of fused-ring (bicyclic) bond motifs is 1. The molecule has 2 aliphatic heterocycles. The van der Waals surface area contributed by atoms with E-state index in [9.17, 15) is 0 Å². The normalized spacial score (nSPS) is 27.1. The SMILES string of the molecule is Cc1cc(C)cc(N2CC3CCCN3CC2C(C)C)c1. The lowest BCUT2D eigenvalue weighted by Gasteiger charge is -2.47. The van der Waals surface area contributed by atoms with Crippen LogP contribution in [0.3, 0.4) is 0 Å². The molecule has 2 nitrogen and oxygen atoms in total. The second-order valence-corrected chi connectivity index (χ2v) is 7.10. The maximum absolute atomic E-state index is 2.73. The minimum atomic E-state index is 0.658. The number of hydrogen-bond acceptors (Lipinski definition) is 2. The molecule has 0 radical (unpaired) electrons. The number of aryl methyl sites for hydroxylation is 2. The fraction of sp³-hybridized carbons (Fsp3) is 0.667. The maximum atomic E-state index is 2.73. The quantitative estimate of drug-likeness (QED) is 0.811. The van der Waals surface area contributed by atoms with Crippen molar-refractivity contribution in [1.82, 2.24) is 4.90 Å². The van der Waals surface area contributed by atoms with Gasteiger partial charge in [0.15, 0.2) is 0 Å². The molecular formula is C18H28N2. The van der Waals surface area contributed by atoms with Crippen LogP contribution in [0.2, 0.25) is 0 Å². The van der Waals surface area contributed by atoms with Crippen LogP contribution in [0.15, 0.2) is 18.2 Å². The van der Waals surface area contributed by atoms with Gasteiger partial charge in [-0.3, -0.25) is 4.90 Å². The van der Waals surface area contributed by atoms with Crippen LogP contribution in [0.25, 0.3) is 0 Å². The van der Waals surface area contributed by atoms with Crippen LogP contribution in [0.1, 0.15) is 37.8 Å². The van der Waals surface area contributed by atoms with E-state index < -0.39 is 0 Å². The van der Waals surface area contributed by atoms with E-state index in [2.05, 4.69) is 55.7 Å². The van der Waals surface area contributed by atoms with Crippen LogP contribution in [0, 0.1) is 19.8 Å². The molecule has 0 N–H and O–H groups in total. The van der Waals surface area contributed by atoms with Crippen LogP contribution in [0.5, 0.6) is 0 Å². The summed E-state index contributed by atoms with van der Waals surface area (Å²) in [5, 5.41) is 0. The van der Waals surface area contributed by atoms with Gasteiger partial charge in [-0.2, -0.15) is 0 Å². The summed E-state index contributed by atoms with van der Waals surface area (Å²) in [7, 11) is 0. The molecule has 2 unspecified atom stereocenters. The standard InChI is InChI=1S/C18H28N2/c1-13(2)18-12-19-7-5-6-16(19)11-20(18)17-9-14(3)8-15(4)10-17/h8-10,13,16,18H,5-7,11-12H2,1-4H3. The van der Waals surface area contributed by atoms with Gasteiger partial charge < -0.3 is 4.90 Å². The van der Waals surface area contributed by atoms with Gasteiger partial charge in [-0.15, -0.1) is 0 Å². The number of benzene rings is 1. The number of hydrogen-bond donors (Lipinski definition) is 0. The molecule has 0 aliphatic carbocycles. The Hall–Kier alpha value is -1.02. The highest BCUT2D eigenvalue weighted by Gasteiger charge is 2.37. The van der Waals surface area contributed by atoms with Crippen LogP contribution in [-0.2, 0) is 0 Å². The lowest BCUT2D eigenvalue weighted by atomic mass is 9.96. The van der Waals surface area contributed by atoms with Gasteiger partial charge in [-0.25, -0.2) is 0 Å². The largest absolute Gasteiger partial charge is 0.365 e. The van der Waals surface area contributed by atoms with E-state index in [1.165, 1.54) is 49.3 Å². The zero-order valence-electron chi connectivity index (χ0n) is 13.4. The molecule has 0 spiro atoms. The Labute approximate surface area is 123 Å². The predicted octanol–water partition coefficient (Wildman–Crippen LogP) is 3.61. The zero-order valence-corrected chi connectivity index (χ0v) is 13.4. The zero-order chi connectivity index (χ0) is 14.3. The third kappa shape index (κ3) is 2.58. The van der Waals surface area contributed by atoms with Crippen molar-refractivity contribution in [2.45, 2.75) is 52.6 Å². The summed E-state index contributed by atoms with van der Waals surface area (Å²) in [5.41, 5.74) is 4.21. The highest BCUT2D eigenvalue weighted by Crippen LogP contribution is 2.32. The van der Waals surface area contributed by atoms with Gasteiger partial charge in [0, 0.05) is 30.9 Å². The van der Waals surface area contributed by atoms with Crippen LogP contribution in [-0.4, -0.2) is 36.6 Å². The van der Waals surface area contributed by atoms with Gasteiger partial charge in [0.25, 0.3) is 0 Å². The van der Waals surface area contributed by atoms with E-state index >= 15 is 0 Å². The smallest absolute Gasteiger partial charge is 0.0440 e. The molecule has 0 amide bonds. The molecule has 110 valence electrons. The Morgan fingerprint density at radius 2 is 1.75 bits per heavy atom. The number of anilines is 1. The predicted molar refractivity (Wildman–Crippen MR) is 86.5 cm³/mol. The van der Waals surface area contributed by atoms with Crippen molar-refractivity contribution in [3.8, 4) is 0 Å². The van der Waals surface area contributed by atoms with Gasteiger partial charge in [-0.1, -0.05) is 19.9 Å². The van der Waals surface area contributed by atoms with Gasteiger partial charge >= 0.3 is 0 Å². The Balaban J connectivity index is 1.91. The van der Waals surface area contributed by atoms with Crippen molar-refractivity contribution in [3.63, 3.8) is 0 Å². The summed E-state index contributed by atoms with van der Waals surface area (Å²) in [4.78, 5) is 5.42. The maximum Gasteiger partial charge on any atom is 0.0440 e. The lowest BCUT2D eigenvalue weighted by Crippen LogP contribution is -2.58. The molecular weight excluding hydrogens is 244 g/mol. The number of rotatable bonds is 2. The number of piperazine rings is 1. The van der Waals surface area contributed by atoms with Crippen LogP contribution in [0.4, 0.5) is 5.69 Å². The fourth-order valence-electron chi connectivity index (χ4n) is 4.03. The first-order valence-corrected chi connectivity index (χ1v) is 8.13. The molecule has 20 heavy (non-hydrogen) atoms. The molecule has 2 fully saturated rings. The third-order valence-electron chi connectivity index (χ3n) is 5.04. The summed E-state index contributed by atoms with van der Waals surface area (Å²) in [6, 6.07) is 8.45. The topological polar surface area (TPSA) is 6.48 Å². The second kappa shape index (κ2) is 5.40. The first-order chi connectivity index (χ1) is 9.54. The van der Waals surface area contributed by atoms with Crippen molar-refractivity contribution in [2.24, 2.45) is 5.92 Å². The van der Waals surface area contributed by atoms with Crippen molar-refractivity contribution < 1.29 is 0 Å². The Morgan fingerprint density at radius 3 is 2.40 bits per heavy atom. The summed E-state index contributed by atoms with van der Waals surface area (Å²) >= 11 is 0. The van der Waals surface area contributed by atoms with E-state index in [4.69, 9.17) is 0 Å². The van der Waals surface area contributed by atoms with Gasteiger partial charge in [0.05, 0.1) is 0 Å². The summed E-state index contributed by atoms with van der Waals surface area (Å²) < 4.78 is 0. The van der Waals surface area contributed by atoms with Gasteiger partial charge in [-0.05, 0) is 62.4 Å². The molecule has 2 heterocycles. The van der Waals surface area contributed by atoms with E-state index in [1.54, 1.807) is 0 Å². The van der Waals surface area contributed by atoms with Crippen molar-refractivity contribution >= 4 is 5.69 Å². The molecule has 0 bridgehead atoms. The number of nitrogens with zero attached hydrogens (tertiary/aromatic N) is 2. The molecule has 2 atom stereocenters. The Kier molecular flexibility index (Phi) is 3.76. The van der Waals surface area contributed by atoms with Crippen molar-refractivity contribution in [2.75, 3.05) is 24.5 Å². The molecule has 3 rings (SSSR count). The van der Waals surface area contributed by atoms with E-state index in [0.29, 0.717) is 12.0 Å². The van der Waals surface area contributed by atoms with Crippen LogP contribution >= 0.6 is 0 Å². The van der Waals surface area contributed by atoms with Gasteiger partial charge in [0.2, 0.25) is 0 Å². The third-order valence-corrected chi connectivity index (χ3v) is 5.04. The van der Waals surface area contributed by atoms with Crippen LogP contribution < -0.4 is 4.90 Å². The molecule has 1 aromatic rings. The summed E-state index contributed by atoms with van der Waals surface area (Å²) in [5.74, 6) is 0.706. The Morgan fingerprint density at radius 1 is 1.05 bits per heavy atom. The monoisotopic (exact) mass is 272 g/mol. The summed E-state index contributed by atoms with van der Waals surface area (Å²) in [6.45, 7) is 12.9. The van der Waals surface area contributed by atoms with Crippen molar-refractivity contribution in [3.05, 3.63) is 29.3 Å². The molecule has 0 saturated carbocycles. The van der Waals surface area contributed by atoms with Crippen molar-refractivity contribution in [1.29, 1.82) is 0 Å². The average Bonchev–Trinajstić information content (AvgIpc) is 2.83. The Bertz CT molecular complexity index is 460. The molecule has 1 aromatic carbocycles. The second-order valence-electron chi connectivity index (χ2n) is 7.10. The highest BCUT2D eigenvalue weighted by molar-refractivity contribution is 5.52. The molecule has 2 aliphatic rings. The highest BCUT2D eigenvalue weighted by atomic mass is 15.3. The first kappa shape index (κ1) is 13.9. The molecule has 0 aromatic heterocycles.